The number of hydrogen-bond acceptors (Lipinski definition) is 4. The fourth-order valence-corrected chi connectivity index (χ4v) is 2.37. The number of nitrogens with one attached hydrogen (secondary N) is 1. The largest absolute Gasteiger partial charge is 0.357 e. The van der Waals surface area contributed by atoms with Crippen LogP contribution in [0, 0.1) is 6.92 Å². The van der Waals surface area contributed by atoms with Gasteiger partial charge in [-0.1, -0.05) is 11.6 Å². The number of carbonyl (C=O) groups is 1. The topological polar surface area (TPSA) is 58.1 Å². The van der Waals surface area contributed by atoms with E-state index in [4.69, 9.17) is 11.6 Å². The lowest BCUT2D eigenvalue weighted by molar-refractivity contribution is 0.102. The Hall–Kier alpha value is -2.14. The molecule has 2 aromatic rings. The molecule has 1 aromatic carbocycles. The zero-order chi connectivity index (χ0) is 16.1. The minimum atomic E-state index is -0.263. The van der Waals surface area contributed by atoms with Crippen molar-refractivity contribution in [3.8, 4) is 0 Å². The summed E-state index contributed by atoms with van der Waals surface area (Å²) in [6.45, 7) is 7.63. The molecule has 0 atom stereocenters. The SMILES string of the molecule is CCN(CC)c1cc(C(=O)Nc2ccc(Cl)cc2C)ncn1. The van der Waals surface area contributed by atoms with Gasteiger partial charge in [-0.3, -0.25) is 4.79 Å². The molecule has 2 rings (SSSR count). The van der Waals surface area contributed by atoms with Crippen molar-refractivity contribution in [2.45, 2.75) is 20.8 Å². The van der Waals surface area contributed by atoms with Crippen molar-refractivity contribution in [1.29, 1.82) is 0 Å². The predicted octanol–water partition coefficient (Wildman–Crippen LogP) is 3.54. The van der Waals surface area contributed by atoms with Crippen molar-refractivity contribution < 1.29 is 4.79 Å². The molecule has 0 unspecified atom stereocenters. The van der Waals surface area contributed by atoms with Crippen molar-refractivity contribution >= 4 is 29.0 Å². The average Bonchev–Trinajstić information content (AvgIpc) is 2.51. The molecule has 0 saturated carbocycles. The molecule has 0 saturated heterocycles. The van der Waals surface area contributed by atoms with Gasteiger partial charge in [0.25, 0.3) is 5.91 Å². The summed E-state index contributed by atoms with van der Waals surface area (Å²) in [5, 5.41) is 3.49. The van der Waals surface area contributed by atoms with Gasteiger partial charge in [-0.25, -0.2) is 9.97 Å². The molecule has 1 aromatic heterocycles. The first-order chi connectivity index (χ1) is 10.5. The van der Waals surface area contributed by atoms with Crippen LogP contribution in [0.5, 0.6) is 0 Å². The second-order valence-corrected chi connectivity index (χ2v) is 5.28. The first-order valence-electron chi connectivity index (χ1n) is 7.19. The first kappa shape index (κ1) is 16.2. The molecular weight excluding hydrogens is 300 g/mol. The molecule has 1 amide bonds. The van der Waals surface area contributed by atoms with E-state index in [1.807, 2.05) is 20.8 Å². The quantitative estimate of drug-likeness (QED) is 0.916. The number of aryl methyl sites for hydroxylation is 1. The third kappa shape index (κ3) is 3.74. The van der Waals surface area contributed by atoms with Crippen molar-refractivity contribution in [2.75, 3.05) is 23.3 Å². The van der Waals surface area contributed by atoms with Gasteiger partial charge in [0.15, 0.2) is 0 Å². The van der Waals surface area contributed by atoms with Gasteiger partial charge >= 0.3 is 0 Å². The summed E-state index contributed by atoms with van der Waals surface area (Å²) in [6, 6.07) is 7.03. The molecule has 6 heteroatoms. The zero-order valence-corrected chi connectivity index (χ0v) is 13.7. The Kier molecular flexibility index (Phi) is 5.33. The molecule has 0 radical (unpaired) electrons. The van der Waals surface area contributed by atoms with Crippen LogP contribution in [0.1, 0.15) is 29.9 Å². The van der Waals surface area contributed by atoms with E-state index in [2.05, 4.69) is 20.2 Å². The summed E-state index contributed by atoms with van der Waals surface area (Å²) < 4.78 is 0. The van der Waals surface area contributed by atoms with Crippen LogP contribution in [0.3, 0.4) is 0 Å². The van der Waals surface area contributed by atoms with E-state index in [0.717, 1.165) is 30.2 Å². The molecular formula is C16H19ClN4O. The van der Waals surface area contributed by atoms with Crippen LogP contribution in [0.4, 0.5) is 11.5 Å². The lowest BCUT2D eigenvalue weighted by Gasteiger charge is -2.19. The van der Waals surface area contributed by atoms with Gasteiger partial charge in [0, 0.05) is 29.9 Å². The summed E-state index contributed by atoms with van der Waals surface area (Å²) in [5.41, 5.74) is 1.96. The van der Waals surface area contributed by atoms with Gasteiger partial charge in [0.05, 0.1) is 0 Å². The summed E-state index contributed by atoms with van der Waals surface area (Å²) >= 11 is 5.92. The van der Waals surface area contributed by atoms with Gasteiger partial charge in [-0.15, -0.1) is 0 Å². The fourth-order valence-electron chi connectivity index (χ4n) is 2.15. The molecule has 0 fully saturated rings. The Balaban J connectivity index is 2.21. The molecule has 0 spiro atoms. The highest BCUT2D eigenvalue weighted by Gasteiger charge is 2.12. The number of halogens is 1. The summed E-state index contributed by atoms with van der Waals surface area (Å²) in [7, 11) is 0. The van der Waals surface area contributed by atoms with Crippen molar-refractivity contribution in [2.24, 2.45) is 0 Å². The maximum Gasteiger partial charge on any atom is 0.274 e. The number of anilines is 2. The van der Waals surface area contributed by atoms with Gasteiger partial charge in [-0.2, -0.15) is 0 Å². The molecule has 116 valence electrons. The Morgan fingerprint density at radius 1 is 1.23 bits per heavy atom. The van der Waals surface area contributed by atoms with E-state index < -0.39 is 0 Å². The van der Waals surface area contributed by atoms with Crippen LogP contribution in [-0.4, -0.2) is 29.0 Å². The van der Waals surface area contributed by atoms with E-state index >= 15 is 0 Å². The van der Waals surface area contributed by atoms with E-state index in [1.165, 1.54) is 6.33 Å². The van der Waals surface area contributed by atoms with Gasteiger partial charge in [0.1, 0.15) is 17.8 Å². The van der Waals surface area contributed by atoms with E-state index in [0.29, 0.717) is 10.7 Å². The van der Waals surface area contributed by atoms with Gasteiger partial charge < -0.3 is 10.2 Å². The number of rotatable bonds is 5. The number of benzene rings is 1. The molecule has 1 N–H and O–H groups in total. The van der Waals surface area contributed by atoms with Crippen molar-refractivity contribution in [3.63, 3.8) is 0 Å². The monoisotopic (exact) mass is 318 g/mol. The van der Waals surface area contributed by atoms with Crippen LogP contribution in [-0.2, 0) is 0 Å². The number of carbonyl (C=O) groups excluding carboxylic acids is 1. The Morgan fingerprint density at radius 3 is 2.59 bits per heavy atom. The van der Waals surface area contributed by atoms with E-state index in [9.17, 15) is 4.79 Å². The van der Waals surface area contributed by atoms with Crippen LogP contribution < -0.4 is 10.2 Å². The van der Waals surface area contributed by atoms with Crippen molar-refractivity contribution in [3.05, 3.63) is 46.9 Å². The Labute approximate surface area is 135 Å². The average molecular weight is 319 g/mol. The lowest BCUT2D eigenvalue weighted by atomic mass is 10.2. The van der Waals surface area contributed by atoms with E-state index in [-0.39, 0.29) is 5.91 Å². The summed E-state index contributed by atoms with van der Waals surface area (Å²) in [4.78, 5) is 22.7. The molecule has 0 aliphatic heterocycles. The standard InChI is InChI=1S/C16H19ClN4O/c1-4-21(5-2)15-9-14(18-10-19-15)16(22)20-13-7-6-12(17)8-11(13)3/h6-10H,4-5H2,1-3H3,(H,20,22). The number of aromatic nitrogens is 2. The lowest BCUT2D eigenvalue weighted by Crippen LogP contribution is -2.24. The third-order valence-corrected chi connectivity index (χ3v) is 3.64. The third-order valence-electron chi connectivity index (χ3n) is 3.41. The Morgan fingerprint density at radius 2 is 1.95 bits per heavy atom. The highest BCUT2D eigenvalue weighted by Crippen LogP contribution is 2.20. The number of nitrogens with zero attached hydrogens (tertiary/aromatic N) is 3. The molecule has 22 heavy (non-hydrogen) atoms. The molecule has 5 nitrogen and oxygen atoms in total. The summed E-state index contributed by atoms with van der Waals surface area (Å²) in [6.07, 6.45) is 1.41. The molecule has 1 heterocycles. The van der Waals surface area contributed by atoms with Crippen molar-refractivity contribution in [1.82, 2.24) is 9.97 Å². The van der Waals surface area contributed by atoms with Crippen LogP contribution in [0.15, 0.2) is 30.6 Å². The minimum Gasteiger partial charge on any atom is -0.357 e. The van der Waals surface area contributed by atoms with E-state index in [1.54, 1.807) is 24.3 Å². The smallest absolute Gasteiger partial charge is 0.274 e. The van der Waals surface area contributed by atoms with Gasteiger partial charge in [0.2, 0.25) is 0 Å². The highest BCUT2D eigenvalue weighted by molar-refractivity contribution is 6.30. The maximum atomic E-state index is 12.3. The van der Waals surface area contributed by atoms with Crippen LogP contribution in [0.2, 0.25) is 5.02 Å². The molecule has 0 aliphatic rings. The first-order valence-corrected chi connectivity index (χ1v) is 7.57. The van der Waals surface area contributed by atoms with Crippen LogP contribution >= 0.6 is 11.6 Å². The Bertz CT molecular complexity index is 671. The second-order valence-electron chi connectivity index (χ2n) is 4.85. The molecule has 0 bridgehead atoms. The number of amides is 1. The zero-order valence-electron chi connectivity index (χ0n) is 12.9. The predicted molar refractivity (Wildman–Crippen MR) is 89.7 cm³/mol. The summed E-state index contributed by atoms with van der Waals surface area (Å²) in [5.74, 6) is 0.485. The maximum absolute atomic E-state index is 12.3. The fraction of sp³-hybridized carbons (Fsp3) is 0.312. The minimum absolute atomic E-state index is 0.263. The second kappa shape index (κ2) is 7.22. The molecule has 0 aliphatic carbocycles. The van der Waals surface area contributed by atoms with Gasteiger partial charge in [-0.05, 0) is 44.5 Å². The normalized spacial score (nSPS) is 10.4. The highest BCUT2D eigenvalue weighted by atomic mass is 35.5. The number of hydrogen-bond donors (Lipinski definition) is 1. The van der Waals surface area contributed by atoms with Crippen LogP contribution in [0.25, 0.3) is 0 Å².